The molecule has 1 heterocycles. The molecule has 20 heavy (non-hydrogen) atoms. The van der Waals surface area contributed by atoms with Crippen LogP contribution in [0.1, 0.15) is 19.8 Å². The number of nitrogens with one attached hydrogen (secondary N) is 3. The second-order valence-corrected chi connectivity index (χ2v) is 6.15. The summed E-state index contributed by atoms with van der Waals surface area (Å²) >= 11 is 0. The molecule has 0 aliphatic carbocycles. The van der Waals surface area contributed by atoms with Crippen LogP contribution in [0.3, 0.4) is 0 Å². The van der Waals surface area contributed by atoms with Gasteiger partial charge in [-0.05, 0) is 24.6 Å². The van der Waals surface area contributed by atoms with E-state index >= 15 is 0 Å². The van der Waals surface area contributed by atoms with Crippen molar-refractivity contribution in [1.29, 1.82) is 0 Å². The first-order valence-electron chi connectivity index (χ1n) is 6.16. The fraction of sp³-hybridized carbons (Fsp3) is 0.333. The summed E-state index contributed by atoms with van der Waals surface area (Å²) in [5.41, 5.74) is 0.663. The van der Waals surface area contributed by atoms with Crippen LogP contribution in [0.2, 0.25) is 0 Å². The number of rotatable bonds is 4. The Morgan fingerprint density at radius 2 is 1.80 bits per heavy atom. The Morgan fingerprint density at radius 3 is 2.45 bits per heavy atom. The summed E-state index contributed by atoms with van der Waals surface area (Å²) in [5, 5.41) is 5.04. The fourth-order valence-electron chi connectivity index (χ4n) is 1.76. The van der Waals surface area contributed by atoms with Crippen molar-refractivity contribution in [2.24, 2.45) is 0 Å². The molecule has 1 aliphatic rings. The maximum atomic E-state index is 12.0. The Balaban J connectivity index is 2.36. The van der Waals surface area contributed by atoms with Crippen molar-refractivity contribution < 1.29 is 18.0 Å². The third kappa shape index (κ3) is 3.14. The first kappa shape index (κ1) is 14.5. The van der Waals surface area contributed by atoms with Crippen LogP contribution in [-0.2, 0) is 19.6 Å². The molecule has 0 fully saturated rings. The normalized spacial score (nSPS) is 15.1. The van der Waals surface area contributed by atoms with Gasteiger partial charge in [-0.1, -0.05) is 6.92 Å². The molecule has 0 unspecified atom stereocenters. The van der Waals surface area contributed by atoms with E-state index in [1.807, 2.05) is 6.92 Å². The number of hydrogen-bond donors (Lipinski definition) is 3. The van der Waals surface area contributed by atoms with Crippen LogP contribution in [0, 0.1) is 0 Å². The number of fused-ring (bicyclic) bond motifs is 1. The summed E-state index contributed by atoms with van der Waals surface area (Å²) in [4.78, 5) is 22.9. The molecule has 8 heteroatoms. The highest BCUT2D eigenvalue weighted by molar-refractivity contribution is 7.89. The van der Waals surface area contributed by atoms with Gasteiger partial charge in [-0.25, -0.2) is 13.1 Å². The minimum Gasteiger partial charge on any atom is -0.324 e. The quantitative estimate of drug-likeness (QED) is 0.710. The predicted octanol–water partition coefficient (Wildman–Crippen LogP) is 0.656. The largest absolute Gasteiger partial charge is 0.324 e. The van der Waals surface area contributed by atoms with Crippen molar-refractivity contribution >= 4 is 33.2 Å². The highest BCUT2D eigenvalue weighted by Gasteiger charge is 2.21. The summed E-state index contributed by atoms with van der Waals surface area (Å²) in [6, 6.07) is 4.17. The Labute approximate surface area is 116 Å². The molecule has 7 nitrogen and oxygen atoms in total. The van der Waals surface area contributed by atoms with Crippen molar-refractivity contribution in [2.45, 2.75) is 24.7 Å². The molecule has 0 spiro atoms. The number of sulfonamides is 1. The van der Waals surface area contributed by atoms with Gasteiger partial charge in [0, 0.05) is 6.54 Å². The lowest BCUT2D eigenvalue weighted by molar-refractivity contribution is -0.123. The average molecular weight is 297 g/mol. The summed E-state index contributed by atoms with van der Waals surface area (Å²) in [7, 11) is -3.61. The molecule has 3 N–H and O–H groups in total. The lowest BCUT2D eigenvalue weighted by Gasteiger charge is -2.10. The Kier molecular flexibility index (Phi) is 4.05. The fourth-order valence-corrected chi connectivity index (χ4v) is 2.92. The van der Waals surface area contributed by atoms with E-state index in [1.165, 1.54) is 18.2 Å². The van der Waals surface area contributed by atoms with Gasteiger partial charge in [0.1, 0.15) is 6.42 Å². The van der Waals surface area contributed by atoms with Gasteiger partial charge in [-0.3, -0.25) is 9.59 Å². The third-order valence-corrected chi connectivity index (χ3v) is 4.17. The molecular weight excluding hydrogens is 282 g/mol. The molecule has 0 bridgehead atoms. The monoisotopic (exact) mass is 297 g/mol. The van der Waals surface area contributed by atoms with Crippen LogP contribution in [0.25, 0.3) is 0 Å². The molecule has 0 aromatic heterocycles. The smallest absolute Gasteiger partial charge is 0.240 e. The van der Waals surface area contributed by atoms with Gasteiger partial charge in [0.25, 0.3) is 0 Å². The average Bonchev–Trinajstić information content (AvgIpc) is 2.51. The van der Waals surface area contributed by atoms with E-state index in [0.717, 1.165) is 0 Å². The molecule has 0 radical (unpaired) electrons. The Bertz CT molecular complexity index is 655. The van der Waals surface area contributed by atoms with Gasteiger partial charge in [0.2, 0.25) is 21.8 Å². The summed E-state index contributed by atoms with van der Waals surface area (Å²) in [6.07, 6.45) is 0.391. The van der Waals surface area contributed by atoms with Gasteiger partial charge in [0.05, 0.1) is 16.3 Å². The molecule has 0 saturated carbocycles. The highest BCUT2D eigenvalue weighted by Crippen LogP contribution is 2.27. The van der Waals surface area contributed by atoms with E-state index in [2.05, 4.69) is 15.4 Å². The summed E-state index contributed by atoms with van der Waals surface area (Å²) in [5.74, 6) is -0.904. The van der Waals surface area contributed by atoms with Crippen molar-refractivity contribution in [1.82, 2.24) is 4.72 Å². The van der Waals surface area contributed by atoms with E-state index in [1.54, 1.807) is 0 Å². The predicted molar refractivity (Wildman–Crippen MR) is 73.8 cm³/mol. The zero-order chi connectivity index (χ0) is 14.8. The van der Waals surface area contributed by atoms with E-state index in [4.69, 9.17) is 0 Å². The maximum absolute atomic E-state index is 12.0. The molecular formula is C12H15N3O4S. The van der Waals surface area contributed by atoms with Crippen molar-refractivity contribution in [2.75, 3.05) is 17.2 Å². The van der Waals surface area contributed by atoms with Crippen LogP contribution in [0.5, 0.6) is 0 Å². The standard InChI is InChI=1S/C12H15N3O4S/c1-2-5-13-20(18,19)8-3-4-9-10(6-8)15-12(17)7-11(16)14-9/h3-4,6,13H,2,5,7H2,1H3,(H,14,16)(H,15,17). The number of carbonyl (C=O) groups is 2. The van der Waals surface area contributed by atoms with E-state index < -0.39 is 21.8 Å². The zero-order valence-corrected chi connectivity index (χ0v) is 11.7. The number of benzene rings is 1. The SMILES string of the molecule is CCCNS(=O)(=O)c1ccc2c(c1)NC(=O)CC(=O)N2. The molecule has 1 aliphatic heterocycles. The summed E-state index contributed by atoms with van der Waals surface area (Å²) < 4.78 is 26.4. The van der Waals surface area contributed by atoms with Gasteiger partial charge >= 0.3 is 0 Å². The molecule has 0 saturated heterocycles. The number of anilines is 2. The van der Waals surface area contributed by atoms with E-state index in [-0.39, 0.29) is 17.0 Å². The minimum absolute atomic E-state index is 0.0427. The van der Waals surface area contributed by atoms with Crippen LogP contribution >= 0.6 is 0 Å². The van der Waals surface area contributed by atoms with Crippen LogP contribution in [0.15, 0.2) is 23.1 Å². The van der Waals surface area contributed by atoms with Gasteiger partial charge in [0.15, 0.2) is 0 Å². The van der Waals surface area contributed by atoms with E-state index in [0.29, 0.717) is 18.7 Å². The maximum Gasteiger partial charge on any atom is 0.240 e. The first-order chi connectivity index (χ1) is 9.42. The van der Waals surface area contributed by atoms with Crippen LogP contribution in [-0.4, -0.2) is 26.8 Å². The number of hydrogen-bond acceptors (Lipinski definition) is 4. The molecule has 108 valence electrons. The highest BCUT2D eigenvalue weighted by atomic mass is 32.2. The lowest BCUT2D eigenvalue weighted by Crippen LogP contribution is -2.24. The van der Waals surface area contributed by atoms with Gasteiger partial charge in [-0.2, -0.15) is 0 Å². The summed E-state index contributed by atoms with van der Waals surface area (Å²) in [6.45, 7) is 2.19. The van der Waals surface area contributed by atoms with Crippen molar-refractivity contribution in [3.63, 3.8) is 0 Å². The second kappa shape index (κ2) is 5.59. The van der Waals surface area contributed by atoms with Gasteiger partial charge in [-0.15, -0.1) is 0 Å². The van der Waals surface area contributed by atoms with E-state index in [9.17, 15) is 18.0 Å². The Morgan fingerprint density at radius 1 is 1.15 bits per heavy atom. The minimum atomic E-state index is -3.61. The molecule has 1 aromatic carbocycles. The first-order valence-corrected chi connectivity index (χ1v) is 7.64. The molecule has 1 aromatic rings. The lowest BCUT2D eigenvalue weighted by atomic mass is 10.2. The van der Waals surface area contributed by atoms with Crippen LogP contribution < -0.4 is 15.4 Å². The number of amides is 2. The Hall–Kier alpha value is -1.93. The second-order valence-electron chi connectivity index (χ2n) is 4.38. The third-order valence-electron chi connectivity index (χ3n) is 2.71. The van der Waals surface area contributed by atoms with Crippen molar-refractivity contribution in [3.05, 3.63) is 18.2 Å². The zero-order valence-electron chi connectivity index (χ0n) is 10.9. The van der Waals surface area contributed by atoms with Crippen molar-refractivity contribution in [3.8, 4) is 0 Å². The molecule has 0 atom stereocenters. The van der Waals surface area contributed by atoms with Gasteiger partial charge < -0.3 is 10.6 Å². The number of carbonyl (C=O) groups excluding carboxylic acids is 2. The van der Waals surface area contributed by atoms with Crippen LogP contribution in [0.4, 0.5) is 11.4 Å². The molecule has 2 rings (SSSR count). The molecule has 2 amide bonds. The topological polar surface area (TPSA) is 104 Å².